The molecule has 0 unspecified atom stereocenters. The first-order chi connectivity index (χ1) is 12.4. The lowest BCUT2D eigenvalue weighted by atomic mass is 10.0. The topological polar surface area (TPSA) is 47.9 Å². The lowest BCUT2D eigenvalue weighted by Crippen LogP contribution is -2.05. The van der Waals surface area contributed by atoms with Crippen LogP contribution in [-0.2, 0) is 9.53 Å². The summed E-state index contributed by atoms with van der Waals surface area (Å²) >= 11 is 4.45. The fraction of sp³-hybridized carbons (Fsp3) is 0.200. The fourth-order valence-electron chi connectivity index (χ4n) is 2.59. The minimum absolute atomic E-state index is 0.268. The lowest BCUT2D eigenvalue weighted by molar-refractivity contribution is -0.129. The smallest absolute Gasteiger partial charge is 0.363 e. The molecule has 6 heteroatoms. The SMILES string of the molecule is COc1c(I)cc(I)cc1/C=C1/N=C(c2ccc(C(C)C)cc2)OC1=O. The third-order valence-electron chi connectivity index (χ3n) is 3.98. The van der Waals surface area contributed by atoms with Crippen molar-refractivity contribution in [2.45, 2.75) is 19.8 Å². The molecule has 0 fully saturated rings. The zero-order chi connectivity index (χ0) is 18.8. The summed E-state index contributed by atoms with van der Waals surface area (Å²) in [6, 6.07) is 11.9. The van der Waals surface area contributed by atoms with Gasteiger partial charge in [0.25, 0.3) is 0 Å². The molecular weight excluding hydrogens is 556 g/mol. The average molecular weight is 573 g/mol. The van der Waals surface area contributed by atoms with Crippen LogP contribution in [0.2, 0.25) is 0 Å². The van der Waals surface area contributed by atoms with Gasteiger partial charge in [0.1, 0.15) is 5.75 Å². The largest absolute Gasteiger partial charge is 0.495 e. The van der Waals surface area contributed by atoms with E-state index in [1.54, 1.807) is 13.2 Å². The maximum absolute atomic E-state index is 12.3. The predicted molar refractivity (Wildman–Crippen MR) is 120 cm³/mol. The molecule has 134 valence electrons. The van der Waals surface area contributed by atoms with Crippen molar-refractivity contribution in [3.8, 4) is 5.75 Å². The molecule has 1 heterocycles. The van der Waals surface area contributed by atoms with E-state index in [4.69, 9.17) is 9.47 Å². The van der Waals surface area contributed by atoms with Crippen molar-refractivity contribution in [1.29, 1.82) is 0 Å². The van der Waals surface area contributed by atoms with Crippen molar-refractivity contribution in [3.05, 3.63) is 65.9 Å². The van der Waals surface area contributed by atoms with Crippen LogP contribution in [0.25, 0.3) is 6.08 Å². The summed E-state index contributed by atoms with van der Waals surface area (Å²) in [5.41, 5.74) is 3.09. The van der Waals surface area contributed by atoms with E-state index in [1.165, 1.54) is 5.56 Å². The number of rotatable bonds is 4. The highest BCUT2D eigenvalue weighted by Gasteiger charge is 2.25. The van der Waals surface area contributed by atoms with Crippen LogP contribution in [0.4, 0.5) is 0 Å². The molecule has 0 saturated heterocycles. The molecule has 0 radical (unpaired) electrons. The number of hydrogen-bond acceptors (Lipinski definition) is 4. The molecule has 26 heavy (non-hydrogen) atoms. The number of cyclic esters (lactones) is 1. The third-order valence-corrected chi connectivity index (χ3v) is 5.40. The first-order valence-electron chi connectivity index (χ1n) is 8.05. The number of methoxy groups -OCH3 is 1. The van der Waals surface area contributed by atoms with Gasteiger partial charge in [-0.3, -0.25) is 0 Å². The summed E-state index contributed by atoms with van der Waals surface area (Å²) in [6.45, 7) is 4.28. The van der Waals surface area contributed by atoms with Gasteiger partial charge in [0.2, 0.25) is 5.90 Å². The van der Waals surface area contributed by atoms with Gasteiger partial charge in [-0.1, -0.05) is 26.0 Å². The van der Waals surface area contributed by atoms with Crippen molar-refractivity contribution in [1.82, 2.24) is 0 Å². The van der Waals surface area contributed by atoms with Gasteiger partial charge in [0.05, 0.1) is 10.7 Å². The number of carbonyl (C=O) groups is 1. The molecule has 0 bridgehead atoms. The number of ether oxygens (including phenoxy) is 2. The first kappa shape index (κ1) is 19.3. The fourth-order valence-corrected chi connectivity index (χ4v) is 4.70. The standard InChI is InChI=1S/C20H17I2NO3/c1-11(2)12-4-6-13(7-5-12)19-23-17(20(24)26-19)9-14-8-15(21)10-16(22)18(14)25-3/h4-11H,1-3H3/b17-9+. The summed E-state index contributed by atoms with van der Waals surface area (Å²) < 4.78 is 12.9. The summed E-state index contributed by atoms with van der Waals surface area (Å²) in [7, 11) is 1.62. The van der Waals surface area contributed by atoms with E-state index < -0.39 is 5.97 Å². The molecular formula is C20H17I2NO3. The number of aliphatic imine (C=N–C) groups is 1. The van der Waals surface area contributed by atoms with E-state index in [0.717, 1.165) is 24.0 Å². The summed E-state index contributed by atoms with van der Waals surface area (Å²) in [4.78, 5) is 16.6. The number of halogens is 2. The second-order valence-corrected chi connectivity index (χ2v) is 8.53. The van der Waals surface area contributed by atoms with Gasteiger partial charge in [0, 0.05) is 14.7 Å². The summed E-state index contributed by atoms with van der Waals surface area (Å²) in [5.74, 6) is 1.04. The molecule has 2 aromatic carbocycles. The molecule has 0 N–H and O–H groups in total. The molecule has 0 atom stereocenters. The van der Waals surface area contributed by atoms with Gasteiger partial charge < -0.3 is 9.47 Å². The van der Waals surface area contributed by atoms with Crippen LogP contribution in [0, 0.1) is 7.14 Å². The van der Waals surface area contributed by atoms with Crippen molar-refractivity contribution >= 4 is 63.1 Å². The van der Waals surface area contributed by atoms with Crippen LogP contribution in [0.1, 0.15) is 36.5 Å². The van der Waals surface area contributed by atoms with Crippen LogP contribution in [0.15, 0.2) is 47.1 Å². The molecule has 0 aliphatic carbocycles. The van der Waals surface area contributed by atoms with Crippen molar-refractivity contribution in [2.75, 3.05) is 7.11 Å². The third kappa shape index (κ3) is 4.11. The molecule has 0 saturated carbocycles. The number of nitrogens with zero attached hydrogens (tertiary/aromatic N) is 1. The van der Waals surface area contributed by atoms with E-state index in [1.807, 2.05) is 36.4 Å². The molecule has 0 amide bonds. The van der Waals surface area contributed by atoms with E-state index in [2.05, 4.69) is 64.0 Å². The Balaban J connectivity index is 1.97. The minimum Gasteiger partial charge on any atom is -0.495 e. The Labute approximate surface area is 180 Å². The maximum Gasteiger partial charge on any atom is 0.363 e. The Bertz CT molecular complexity index is 915. The molecule has 3 rings (SSSR count). The normalized spacial score (nSPS) is 15.4. The van der Waals surface area contributed by atoms with Crippen molar-refractivity contribution in [3.63, 3.8) is 0 Å². The second-order valence-electron chi connectivity index (χ2n) is 6.12. The Morgan fingerprint density at radius 2 is 1.85 bits per heavy atom. The van der Waals surface area contributed by atoms with E-state index >= 15 is 0 Å². The molecule has 1 aliphatic heterocycles. The highest BCUT2D eigenvalue weighted by Crippen LogP contribution is 2.31. The van der Waals surface area contributed by atoms with Gasteiger partial charge in [0.15, 0.2) is 5.70 Å². The second kappa shape index (κ2) is 8.08. The summed E-state index contributed by atoms with van der Waals surface area (Å²) in [5, 5.41) is 0. The Morgan fingerprint density at radius 3 is 2.46 bits per heavy atom. The Morgan fingerprint density at radius 1 is 1.15 bits per heavy atom. The predicted octanol–water partition coefficient (Wildman–Crippen LogP) is 5.37. The van der Waals surface area contributed by atoms with Crippen molar-refractivity contribution in [2.24, 2.45) is 4.99 Å². The molecule has 2 aromatic rings. The van der Waals surface area contributed by atoms with Gasteiger partial charge in [-0.05, 0) is 87.0 Å². The molecule has 1 aliphatic rings. The van der Waals surface area contributed by atoms with E-state index in [9.17, 15) is 4.79 Å². The van der Waals surface area contributed by atoms with Crippen molar-refractivity contribution < 1.29 is 14.3 Å². The summed E-state index contributed by atoms with van der Waals surface area (Å²) in [6.07, 6.45) is 1.71. The number of esters is 1. The van der Waals surface area contributed by atoms with Gasteiger partial charge in [-0.2, -0.15) is 0 Å². The van der Waals surface area contributed by atoms with Crippen LogP contribution in [0.5, 0.6) is 5.75 Å². The van der Waals surface area contributed by atoms with Crippen LogP contribution in [-0.4, -0.2) is 19.0 Å². The first-order valence-corrected chi connectivity index (χ1v) is 10.2. The minimum atomic E-state index is -0.455. The molecule has 4 nitrogen and oxygen atoms in total. The Hall–Kier alpha value is -1.42. The highest BCUT2D eigenvalue weighted by molar-refractivity contribution is 14.1. The highest BCUT2D eigenvalue weighted by atomic mass is 127. The number of benzene rings is 2. The lowest BCUT2D eigenvalue weighted by Gasteiger charge is -2.08. The van der Waals surface area contributed by atoms with Gasteiger partial charge >= 0.3 is 5.97 Å². The number of carbonyl (C=O) groups excluding carboxylic acids is 1. The van der Waals surface area contributed by atoms with E-state index in [0.29, 0.717) is 11.8 Å². The van der Waals surface area contributed by atoms with Crippen LogP contribution in [0.3, 0.4) is 0 Å². The van der Waals surface area contributed by atoms with Gasteiger partial charge in [-0.15, -0.1) is 0 Å². The molecule has 0 spiro atoms. The monoisotopic (exact) mass is 573 g/mol. The number of hydrogen-bond donors (Lipinski definition) is 0. The maximum atomic E-state index is 12.3. The zero-order valence-corrected chi connectivity index (χ0v) is 18.9. The van der Waals surface area contributed by atoms with E-state index in [-0.39, 0.29) is 5.70 Å². The Kier molecular flexibility index (Phi) is 6.01. The van der Waals surface area contributed by atoms with Crippen LogP contribution < -0.4 is 4.74 Å². The average Bonchev–Trinajstić information content (AvgIpc) is 2.95. The quantitative estimate of drug-likeness (QED) is 0.281. The van der Waals surface area contributed by atoms with Gasteiger partial charge in [-0.25, -0.2) is 9.79 Å². The molecule has 0 aromatic heterocycles. The van der Waals surface area contributed by atoms with Crippen LogP contribution >= 0.6 is 45.2 Å². The zero-order valence-electron chi connectivity index (χ0n) is 14.5.